The normalized spacial score (nSPS) is 14.6. The van der Waals surface area contributed by atoms with Gasteiger partial charge in [-0.15, -0.1) is 0 Å². The molecule has 2 aromatic carbocycles. The van der Waals surface area contributed by atoms with Crippen LogP contribution in [0.1, 0.15) is 52.5 Å². The highest BCUT2D eigenvalue weighted by Gasteiger charge is 2.22. The molecule has 1 saturated heterocycles. The SMILES string of the molecule is CCCCCNC(=O)c1ccc(C(=O)N2CCN(Cc3ccccc3)CC2)cc1. The fraction of sp³-hybridized carbons (Fsp3) is 0.417. The van der Waals surface area contributed by atoms with E-state index in [9.17, 15) is 9.59 Å². The zero-order valence-corrected chi connectivity index (χ0v) is 17.3. The molecule has 1 fully saturated rings. The lowest BCUT2D eigenvalue weighted by atomic mass is 10.1. The Morgan fingerprint density at radius 1 is 0.862 bits per heavy atom. The fourth-order valence-corrected chi connectivity index (χ4v) is 3.58. The first-order chi connectivity index (χ1) is 14.2. The predicted molar refractivity (Wildman–Crippen MR) is 116 cm³/mol. The number of hydrogen-bond acceptors (Lipinski definition) is 3. The number of carbonyl (C=O) groups is 2. The topological polar surface area (TPSA) is 52.7 Å². The average Bonchev–Trinajstić information content (AvgIpc) is 2.77. The Morgan fingerprint density at radius 2 is 1.52 bits per heavy atom. The highest BCUT2D eigenvalue weighted by Crippen LogP contribution is 2.13. The number of nitrogens with zero attached hydrogens (tertiary/aromatic N) is 2. The van der Waals surface area contributed by atoms with Crippen molar-refractivity contribution in [2.75, 3.05) is 32.7 Å². The van der Waals surface area contributed by atoms with Gasteiger partial charge in [0.25, 0.3) is 11.8 Å². The number of amides is 2. The van der Waals surface area contributed by atoms with E-state index < -0.39 is 0 Å². The molecule has 1 aliphatic rings. The van der Waals surface area contributed by atoms with Gasteiger partial charge >= 0.3 is 0 Å². The van der Waals surface area contributed by atoms with Crippen LogP contribution in [0.25, 0.3) is 0 Å². The van der Waals surface area contributed by atoms with Crippen LogP contribution in [0, 0.1) is 0 Å². The lowest BCUT2D eigenvalue weighted by Gasteiger charge is -2.34. The van der Waals surface area contributed by atoms with Gasteiger partial charge in [-0.2, -0.15) is 0 Å². The van der Waals surface area contributed by atoms with Crippen molar-refractivity contribution in [3.8, 4) is 0 Å². The van der Waals surface area contributed by atoms with Crippen molar-refractivity contribution >= 4 is 11.8 Å². The highest BCUT2D eigenvalue weighted by molar-refractivity contribution is 5.97. The second-order valence-electron chi connectivity index (χ2n) is 7.59. The largest absolute Gasteiger partial charge is 0.352 e. The lowest BCUT2D eigenvalue weighted by molar-refractivity contribution is 0.0628. The minimum atomic E-state index is -0.0744. The molecule has 154 valence electrons. The molecule has 29 heavy (non-hydrogen) atoms. The molecule has 3 rings (SSSR count). The van der Waals surface area contributed by atoms with E-state index >= 15 is 0 Å². The number of benzene rings is 2. The van der Waals surface area contributed by atoms with Crippen LogP contribution in [0.5, 0.6) is 0 Å². The highest BCUT2D eigenvalue weighted by atomic mass is 16.2. The molecular formula is C24H31N3O2. The molecule has 5 heteroatoms. The van der Waals surface area contributed by atoms with Gasteiger partial charge in [0.05, 0.1) is 0 Å². The van der Waals surface area contributed by atoms with Crippen LogP contribution in [-0.2, 0) is 6.54 Å². The molecule has 0 aliphatic carbocycles. The van der Waals surface area contributed by atoms with Crippen LogP contribution in [0.15, 0.2) is 54.6 Å². The van der Waals surface area contributed by atoms with Gasteiger partial charge in [-0.25, -0.2) is 0 Å². The Balaban J connectivity index is 1.47. The molecule has 0 spiro atoms. The maximum Gasteiger partial charge on any atom is 0.253 e. The van der Waals surface area contributed by atoms with E-state index in [0.29, 0.717) is 17.7 Å². The predicted octanol–water partition coefficient (Wildman–Crippen LogP) is 3.56. The van der Waals surface area contributed by atoms with Gasteiger partial charge in [0.1, 0.15) is 0 Å². The summed E-state index contributed by atoms with van der Waals surface area (Å²) in [7, 11) is 0. The van der Waals surface area contributed by atoms with Crippen molar-refractivity contribution in [2.45, 2.75) is 32.7 Å². The molecule has 0 saturated carbocycles. The molecule has 0 unspecified atom stereocenters. The molecular weight excluding hydrogens is 362 g/mol. The summed E-state index contributed by atoms with van der Waals surface area (Å²) < 4.78 is 0. The van der Waals surface area contributed by atoms with E-state index in [1.165, 1.54) is 5.56 Å². The number of unbranched alkanes of at least 4 members (excludes halogenated alkanes) is 2. The molecule has 1 aliphatic heterocycles. The van der Waals surface area contributed by atoms with Crippen molar-refractivity contribution in [2.24, 2.45) is 0 Å². The van der Waals surface area contributed by atoms with E-state index in [4.69, 9.17) is 0 Å². The Kier molecular flexibility index (Phi) is 7.82. The van der Waals surface area contributed by atoms with Crippen LogP contribution in [-0.4, -0.2) is 54.3 Å². The maximum atomic E-state index is 12.8. The zero-order valence-electron chi connectivity index (χ0n) is 17.3. The van der Waals surface area contributed by atoms with Crippen LogP contribution in [0.4, 0.5) is 0 Å². The maximum absolute atomic E-state index is 12.8. The average molecular weight is 394 g/mol. The van der Waals surface area contributed by atoms with Crippen molar-refractivity contribution in [1.82, 2.24) is 15.1 Å². The van der Waals surface area contributed by atoms with Crippen LogP contribution in [0.3, 0.4) is 0 Å². The van der Waals surface area contributed by atoms with Gasteiger partial charge in [0, 0.05) is 50.4 Å². The third-order valence-corrected chi connectivity index (χ3v) is 5.37. The van der Waals surface area contributed by atoms with Crippen molar-refractivity contribution < 1.29 is 9.59 Å². The summed E-state index contributed by atoms with van der Waals surface area (Å²) in [5.41, 5.74) is 2.55. The minimum absolute atomic E-state index is 0.0410. The molecule has 5 nitrogen and oxygen atoms in total. The molecule has 0 radical (unpaired) electrons. The van der Waals surface area contributed by atoms with Crippen molar-refractivity contribution in [1.29, 1.82) is 0 Å². The number of carbonyl (C=O) groups excluding carboxylic acids is 2. The van der Waals surface area contributed by atoms with E-state index in [-0.39, 0.29) is 11.8 Å². The minimum Gasteiger partial charge on any atom is -0.352 e. The zero-order chi connectivity index (χ0) is 20.5. The Hall–Kier alpha value is -2.66. The first kappa shape index (κ1) is 21.1. The van der Waals surface area contributed by atoms with E-state index in [1.807, 2.05) is 11.0 Å². The standard InChI is InChI=1S/C24H31N3O2/c1-2-3-7-14-25-23(28)21-10-12-22(13-11-21)24(29)27-17-15-26(16-18-27)19-20-8-5-4-6-9-20/h4-6,8-13H,2-3,7,14-19H2,1H3,(H,25,28). The molecule has 1 N–H and O–H groups in total. The molecule has 0 bridgehead atoms. The number of piperazine rings is 1. The summed E-state index contributed by atoms with van der Waals surface area (Å²) in [4.78, 5) is 29.2. The summed E-state index contributed by atoms with van der Waals surface area (Å²) in [5.74, 6) is -0.0334. The first-order valence-electron chi connectivity index (χ1n) is 10.6. The van der Waals surface area contributed by atoms with Gasteiger partial charge < -0.3 is 10.2 Å². The lowest BCUT2D eigenvalue weighted by Crippen LogP contribution is -2.48. The van der Waals surface area contributed by atoms with Crippen molar-refractivity contribution in [3.05, 3.63) is 71.3 Å². The Morgan fingerprint density at radius 3 is 2.17 bits per heavy atom. The van der Waals surface area contributed by atoms with Crippen LogP contribution < -0.4 is 5.32 Å². The second kappa shape index (κ2) is 10.8. The third-order valence-electron chi connectivity index (χ3n) is 5.37. The third kappa shape index (κ3) is 6.16. The monoisotopic (exact) mass is 393 g/mol. The van der Waals surface area contributed by atoms with Crippen LogP contribution in [0.2, 0.25) is 0 Å². The quantitative estimate of drug-likeness (QED) is 0.698. The Labute approximate surface area is 173 Å². The molecule has 2 aromatic rings. The summed E-state index contributed by atoms with van der Waals surface area (Å²) in [5, 5.41) is 2.93. The summed E-state index contributed by atoms with van der Waals surface area (Å²) in [6.45, 7) is 6.96. The molecule has 2 amide bonds. The van der Waals surface area contributed by atoms with E-state index in [2.05, 4.69) is 41.4 Å². The first-order valence-corrected chi connectivity index (χ1v) is 10.6. The van der Waals surface area contributed by atoms with Crippen LogP contribution >= 0.6 is 0 Å². The van der Waals surface area contributed by atoms with Gasteiger partial charge in [-0.3, -0.25) is 14.5 Å². The number of rotatable bonds is 8. The van der Waals surface area contributed by atoms with Crippen molar-refractivity contribution in [3.63, 3.8) is 0 Å². The number of hydrogen-bond donors (Lipinski definition) is 1. The van der Waals surface area contributed by atoms with Gasteiger partial charge in [-0.1, -0.05) is 50.1 Å². The fourth-order valence-electron chi connectivity index (χ4n) is 3.58. The van der Waals surface area contributed by atoms with Gasteiger partial charge in [-0.05, 0) is 36.2 Å². The summed E-state index contributed by atoms with van der Waals surface area (Å²) >= 11 is 0. The summed E-state index contributed by atoms with van der Waals surface area (Å²) in [6, 6.07) is 17.4. The molecule has 0 atom stereocenters. The molecule has 0 aromatic heterocycles. The Bertz CT molecular complexity index is 782. The molecule has 1 heterocycles. The van der Waals surface area contributed by atoms with E-state index in [1.54, 1.807) is 24.3 Å². The van der Waals surface area contributed by atoms with E-state index in [0.717, 1.165) is 52.0 Å². The number of nitrogens with one attached hydrogen (secondary N) is 1. The summed E-state index contributed by atoms with van der Waals surface area (Å²) in [6.07, 6.45) is 3.24. The van der Waals surface area contributed by atoms with Gasteiger partial charge in [0.2, 0.25) is 0 Å². The second-order valence-corrected chi connectivity index (χ2v) is 7.59. The van der Waals surface area contributed by atoms with Gasteiger partial charge in [0.15, 0.2) is 0 Å². The smallest absolute Gasteiger partial charge is 0.253 e.